The molecule has 1 unspecified atom stereocenters. The maximum Gasteiger partial charge on any atom is 0.423 e. The molecular formula is C22H16N4O4+2. The lowest BCUT2D eigenvalue weighted by atomic mass is 9.89. The van der Waals surface area contributed by atoms with Crippen LogP contribution in [0.1, 0.15) is 19.6 Å². The van der Waals surface area contributed by atoms with Gasteiger partial charge in [0.05, 0.1) is 22.8 Å². The third-order valence-corrected chi connectivity index (χ3v) is 5.55. The highest BCUT2D eigenvalue weighted by Gasteiger charge is 2.68. The van der Waals surface area contributed by atoms with E-state index in [-0.39, 0.29) is 17.4 Å². The van der Waals surface area contributed by atoms with Gasteiger partial charge >= 0.3 is 5.66 Å². The second-order valence-electron chi connectivity index (χ2n) is 7.02. The van der Waals surface area contributed by atoms with Crippen molar-refractivity contribution in [1.82, 2.24) is 0 Å². The molecule has 146 valence electrons. The van der Waals surface area contributed by atoms with Crippen LogP contribution in [0.5, 0.6) is 0 Å². The highest BCUT2D eigenvalue weighted by molar-refractivity contribution is 5.77. The molecule has 0 aliphatic carbocycles. The Hall–Kier alpha value is -4.20. The van der Waals surface area contributed by atoms with Crippen LogP contribution in [0.25, 0.3) is 17.3 Å². The highest BCUT2D eigenvalue weighted by atomic mass is 16.6. The van der Waals surface area contributed by atoms with Crippen LogP contribution in [-0.4, -0.2) is 9.85 Å². The molecule has 1 atom stereocenters. The second-order valence-corrected chi connectivity index (χ2v) is 7.02. The maximum absolute atomic E-state index is 12.2. The molecule has 0 saturated carbocycles. The fourth-order valence-corrected chi connectivity index (χ4v) is 4.54. The maximum atomic E-state index is 12.2. The molecule has 1 spiro atoms. The van der Waals surface area contributed by atoms with E-state index < -0.39 is 15.5 Å². The number of non-ortho nitro benzene ring substituents is 1. The van der Waals surface area contributed by atoms with Crippen molar-refractivity contribution >= 4 is 17.5 Å². The summed E-state index contributed by atoms with van der Waals surface area (Å²) in [6.45, 7) is 1.74. The van der Waals surface area contributed by atoms with Crippen LogP contribution in [0.2, 0.25) is 0 Å². The van der Waals surface area contributed by atoms with Gasteiger partial charge in [0.1, 0.15) is 5.57 Å². The van der Waals surface area contributed by atoms with Crippen molar-refractivity contribution in [2.45, 2.75) is 12.6 Å². The zero-order valence-electron chi connectivity index (χ0n) is 16.9. The molecule has 5 rings (SSSR count). The van der Waals surface area contributed by atoms with Gasteiger partial charge in [0.15, 0.2) is 18.0 Å². The minimum absolute atomic E-state index is 0.214. The number of nitro benzene ring substituents is 2. The molecule has 4 heterocycles. The number of nitro groups is 2. The summed E-state index contributed by atoms with van der Waals surface area (Å²) >= 11 is 0. The molecule has 0 saturated heterocycles. The van der Waals surface area contributed by atoms with Crippen LogP contribution < -0.4 is 9.13 Å². The number of rotatable bonds is 3. The third-order valence-electron chi connectivity index (χ3n) is 5.55. The molecule has 30 heavy (non-hydrogen) atoms. The first-order valence-corrected chi connectivity index (χ1v) is 9.26. The van der Waals surface area contributed by atoms with Gasteiger partial charge in [0, 0.05) is 36.4 Å². The summed E-state index contributed by atoms with van der Waals surface area (Å²) in [5.41, 5.74) is 0.680. The van der Waals surface area contributed by atoms with Crippen molar-refractivity contribution < 1.29 is 20.4 Å². The number of allylic oxidation sites excluding steroid dienone is 3. The zero-order chi connectivity index (χ0) is 21.9. The summed E-state index contributed by atoms with van der Waals surface area (Å²) in [5, 5.41) is 23.7. The van der Waals surface area contributed by atoms with Crippen LogP contribution in [0.4, 0.5) is 11.4 Å². The molecule has 0 bridgehead atoms. The third kappa shape index (κ3) is 2.10. The number of benzene rings is 1. The Morgan fingerprint density at radius 1 is 1.03 bits per heavy atom. The molecule has 8 heteroatoms. The Morgan fingerprint density at radius 3 is 2.47 bits per heavy atom. The SMILES string of the molecule is [3H]C(=CC)C1=Cc2cccc[n+]2C12c1c(cc([N+](=O)[O-])cc1[N+](=O)[O-])-c1cccc[n+]12. The number of fused-ring (bicyclic) bond motifs is 7. The molecule has 2 aliphatic rings. The van der Waals surface area contributed by atoms with E-state index in [4.69, 9.17) is 1.37 Å². The number of nitrogens with zero attached hydrogens (tertiary/aromatic N) is 4. The topological polar surface area (TPSA) is 94.0 Å². The van der Waals surface area contributed by atoms with Gasteiger partial charge in [-0.05, 0) is 25.1 Å². The second kappa shape index (κ2) is 6.15. The normalized spacial score (nSPS) is 19.0. The van der Waals surface area contributed by atoms with Crippen LogP contribution in [0.3, 0.4) is 0 Å². The van der Waals surface area contributed by atoms with Crippen LogP contribution >= 0.6 is 0 Å². The van der Waals surface area contributed by atoms with E-state index in [0.29, 0.717) is 22.4 Å². The summed E-state index contributed by atoms with van der Waals surface area (Å²) in [6, 6.07) is 13.5. The lowest BCUT2D eigenvalue weighted by Gasteiger charge is -2.18. The van der Waals surface area contributed by atoms with Gasteiger partial charge in [-0.3, -0.25) is 20.2 Å². The van der Waals surface area contributed by atoms with Gasteiger partial charge < -0.3 is 0 Å². The molecular weight excluding hydrogens is 384 g/mol. The van der Waals surface area contributed by atoms with Crippen molar-refractivity contribution in [2.24, 2.45) is 0 Å². The van der Waals surface area contributed by atoms with Crippen molar-refractivity contribution in [3.8, 4) is 11.3 Å². The molecule has 2 aromatic heterocycles. The lowest BCUT2D eigenvalue weighted by Crippen LogP contribution is -2.72. The first kappa shape index (κ1) is 16.7. The average molecular weight is 402 g/mol. The molecule has 3 aromatic rings. The number of aromatic nitrogens is 2. The van der Waals surface area contributed by atoms with Crippen LogP contribution in [-0.2, 0) is 5.66 Å². The summed E-state index contributed by atoms with van der Waals surface area (Å²) in [7, 11) is 0. The summed E-state index contributed by atoms with van der Waals surface area (Å²) in [6.07, 6.45) is 7.08. The smallest absolute Gasteiger partial charge is 0.258 e. The number of hydrogen-bond donors (Lipinski definition) is 0. The number of pyridine rings is 2. The van der Waals surface area contributed by atoms with E-state index in [0.717, 1.165) is 11.8 Å². The Labute approximate surface area is 172 Å². The Kier molecular flexibility index (Phi) is 3.43. The molecule has 8 nitrogen and oxygen atoms in total. The minimum atomic E-state index is -1.25. The van der Waals surface area contributed by atoms with E-state index in [1.807, 2.05) is 39.6 Å². The first-order chi connectivity index (χ1) is 14.9. The molecule has 0 amide bonds. The molecule has 2 aliphatic heterocycles. The first-order valence-electron chi connectivity index (χ1n) is 9.76. The quantitative estimate of drug-likeness (QED) is 0.382. The van der Waals surface area contributed by atoms with E-state index >= 15 is 0 Å². The van der Waals surface area contributed by atoms with Gasteiger partial charge in [-0.25, -0.2) is 0 Å². The van der Waals surface area contributed by atoms with Crippen molar-refractivity contribution in [3.05, 3.63) is 110 Å². The van der Waals surface area contributed by atoms with Gasteiger partial charge in [0.25, 0.3) is 11.4 Å². The Morgan fingerprint density at radius 2 is 1.77 bits per heavy atom. The highest BCUT2D eigenvalue weighted by Crippen LogP contribution is 2.48. The minimum Gasteiger partial charge on any atom is -0.258 e. The van der Waals surface area contributed by atoms with Gasteiger partial charge in [-0.1, -0.05) is 6.08 Å². The fraction of sp³-hybridized carbons (Fsp3) is 0.0909. The Bertz CT molecular complexity index is 1380. The standard InChI is InChI=1S/C22H16N4O4/c1-2-7-15-12-16-8-3-5-10-23(16)22(15)21-18(19-9-4-6-11-24(19)22)13-17(25(27)28)14-20(21)26(29)30/h2-14H,1H3/q+2/i7T. The summed E-state index contributed by atoms with van der Waals surface area (Å²) < 4.78 is 12.4. The van der Waals surface area contributed by atoms with Crippen molar-refractivity contribution in [2.75, 3.05) is 0 Å². The predicted octanol–water partition coefficient (Wildman–Crippen LogP) is 3.28. The lowest BCUT2D eigenvalue weighted by molar-refractivity contribution is -0.961. The monoisotopic (exact) mass is 402 g/mol. The zero-order valence-corrected chi connectivity index (χ0v) is 15.9. The van der Waals surface area contributed by atoms with Crippen LogP contribution in [0, 0.1) is 20.2 Å². The van der Waals surface area contributed by atoms with E-state index in [1.54, 1.807) is 37.4 Å². The number of hydrogen-bond acceptors (Lipinski definition) is 4. The van der Waals surface area contributed by atoms with Gasteiger partial charge in [-0.2, -0.15) is 0 Å². The predicted molar refractivity (Wildman–Crippen MR) is 107 cm³/mol. The van der Waals surface area contributed by atoms with E-state index in [2.05, 4.69) is 0 Å². The summed E-state index contributed by atoms with van der Waals surface area (Å²) in [4.78, 5) is 22.5. The van der Waals surface area contributed by atoms with Crippen molar-refractivity contribution in [1.29, 1.82) is 0 Å². The van der Waals surface area contributed by atoms with Gasteiger partial charge in [-0.15, -0.1) is 9.13 Å². The van der Waals surface area contributed by atoms with Crippen LogP contribution in [0.15, 0.2) is 78.6 Å². The molecule has 0 fully saturated rings. The molecule has 0 N–H and O–H groups in total. The van der Waals surface area contributed by atoms with Crippen molar-refractivity contribution in [3.63, 3.8) is 0 Å². The average Bonchev–Trinajstić information content (AvgIpc) is 3.27. The van der Waals surface area contributed by atoms with E-state index in [1.165, 1.54) is 6.07 Å². The molecule has 1 aromatic carbocycles. The molecule has 0 radical (unpaired) electrons. The largest absolute Gasteiger partial charge is 0.423 e. The summed E-state index contributed by atoms with van der Waals surface area (Å²) in [5.74, 6) is 0. The Balaban J connectivity index is 2.03. The van der Waals surface area contributed by atoms with Gasteiger partial charge in [0.2, 0.25) is 11.4 Å². The fourth-order valence-electron chi connectivity index (χ4n) is 4.54. The van der Waals surface area contributed by atoms with E-state index in [9.17, 15) is 20.2 Å².